The lowest BCUT2D eigenvalue weighted by Gasteiger charge is -2.30. The summed E-state index contributed by atoms with van der Waals surface area (Å²) in [5.74, 6) is -2.05. The molecule has 0 aliphatic carbocycles. The minimum absolute atomic E-state index is 0.00108. The molecule has 1 aromatic carbocycles. The predicted octanol–water partition coefficient (Wildman–Crippen LogP) is -0.261. The van der Waals surface area contributed by atoms with Gasteiger partial charge in [0.2, 0.25) is 5.91 Å². The first-order chi connectivity index (χ1) is 13.2. The van der Waals surface area contributed by atoms with Crippen LogP contribution in [-0.4, -0.2) is 86.5 Å². The number of aromatic carboxylic acids is 1. The van der Waals surface area contributed by atoms with Gasteiger partial charge in [0.05, 0.1) is 19.0 Å². The molecule has 154 valence electrons. The summed E-state index contributed by atoms with van der Waals surface area (Å²) in [6.07, 6.45) is 0.579. The second-order valence-electron chi connectivity index (χ2n) is 6.53. The maximum absolute atomic E-state index is 12.3. The minimum Gasteiger partial charge on any atom is -0.507 e. The van der Waals surface area contributed by atoms with Crippen LogP contribution in [0, 0.1) is 0 Å². The van der Waals surface area contributed by atoms with Crippen LogP contribution in [0.4, 0.5) is 0 Å². The molecule has 1 fully saturated rings. The van der Waals surface area contributed by atoms with Crippen LogP contribution in [0.1, 0.15) is 28.8 Å². The van der Waals surface area contributed by atoms with Crippen LogP contribution in [0.25, 0.3) is 0 Å². The SMILES string of the molecule is COc1ccc(C[C@H](SCC(=O)N2CCC(O)CC2)B(O)O)c(O)c1C(=O)O. The van der Waals surface area contributed by atoms with Crippen molar-refractivity contribution >= 4 is 30.8 Å². The summed E-state index contributed by atoms with van der Waals surface area (Å²) in [7, 11) is -0.488. The van der Waals surface area contributed by atoms with Crippen molar-refractivity contribution < 1.29 is 39.7 Å². The molecule has 1 amide bonds. The third kappa shape index (κ3) is 5.54. The van der Waals surface area contributed by atoms with Gasteiger partial charge in [0.25, 0.3) is 0 Å². The van der Waals surface area contributed by atoms with Gasteiger partial charge in [-0.1, -0.05) is 6.07 Å². The normalized spacial score (nSPS) is 15.9. The first-order valence-corrected chi connectivity index (χ1v) is 9.85. The molecule has 0 spiro atoms. The number of aromatic hydroxyl groups is 1. The van der Waals surface area contributed by atoms with Gasteiger partial charge in [-0.15, -0.1) is 0 Å². The number of hydrogen-bond acceptors (Lipinski definition) is 8. The predicted molar refractivity (Wildman–Crippen MR) is 104 cm³/mol. The lowest BCUT2D eigenvalue weighted by Crippen LogP contribution is -2.41. The molecule has 1 atom stereocenters. The number of benzene rings is 1. The lowest BCUT2D eigenvalue weighted by molar-refractivity contribution is -0.130. The number of carboxylic acids is 1. The summed E-state index contributed by atoms with van der Waals surface area (Å²) in [6, 6.07) is 2.83. The van der Waals surface area contributed by atoms with Gasteiger partial charge >= 0.3 is 13.1 Å². The molecule has 1 aromatic rings. The molecule has 5 N–H and O–H groups in total. The Labute approximate surface area is 167 Å². The van der Waals surface area contributed by atoms with Gasteiger partial charge in [-0.2, -0.15) is 11.8 Å². The Balaban J connectivity index is 2.06. The number of carboxylic acid groups (broad SMARTS) is 1. The van der Waals surface area contributed by atoms with Gasteiger partial charge in [0.1, 0.15) is 17.1 Å². The molecule has 1 aliphatic heterocycles. The number of hydrogen-bond donors (Lipinski definition) is 5. The summed E-state index contributed by atoms with van der Waals surface area (Å²) in [5, 5.41) is 47.5. The van der Waals surface area contributed by atoms with E-state index in [4.69, 9.17) is 4.74 Å². The Hall–Kier alpha value is -1.95. The second kappa shape index (κ2) is 10.0. The number of phenols is 1. The Morgan fingerprint density at radius 2 is 1.96 bits per heavy atom. The fourth-order valence-corrected chi connectivity index (χ4v) is 4.02. The Bertz CT molecular complexity index is 709. The number of likely N-dealkylation sites (tertiary alicyclic amines) is 1. The quantitative estimate of drug-likeness (QED) is 0.364. The number of aliphatic hydroxyl groups excluding tert-OH is 1. The number of amides is 1. The molecule has 1 heterocycles. The zero-order chi connectivity index (χ0) is 20.8. The Morgan fingerprint density at radius 1 is 1.32 bits per heavy atom. The molecule has 0 bridgehead atoms. The van der Waals surface area contributed by atoms with Gasteiger partial charge in [0, 0.05) is 18.2 Å². The van der Waals surface area contributed by atoms with Gasteiger partial charge in [-0.3, -0.25) is 4.79 Å². The molecule has 0 aromatic heterocycles. The van der Waals surface area contributed by atoms with Crippen molar-refractivity contribution in [2.75, 3.05) is 26.0 Å². The number of nitrogens with zero attached hydrogens (tertiary/aromatic N) is 1. The fourth-order valence-electron chi connectivity index (χ4n) is 3.01. The molecule has 1 saturated heterocycles. The highest BCUT2D eigenvalue weighted by atomic mass is 32.2. The van der Waals surface area contributed by atoms with Crippen molar-refractivity contribution in [2.24, 2.45) is 0 Å². The number of methoxy groups -OCH3 is 1. The molecular formula is C17H24BNO8S. The number of thioether (sulfide) groups is 1. The van der Waals surface area contributed by atoms with Gasteiger partial charge in [0.15, 0.2) is 0 Å². The monoisotopic (exact) mass is 413 g/mol. The van der Waals surface area contributed by atoms with Crippen molar-refractivity contribution in [2.45, 2.75) is 30.5 Å². The van der Waals surface area contributed by atoms with Gasteiger partial charge < -0.3 is 35.0 Å². The number of rotatable bonds is 8. The summed E-state index contributed by atoms with van der Waals surface area (Å²) in [6.45, 7) is 0.905. The number of ether oxygens (including phenoxy) is 1. The van der Waals surface area contributed by atoms with E-state index in [1.54, 1.807) is 4.90 Å². The van der Waals surface area contributed by atoms with Crippen molar-refractivity contribution in [3.63, 3.8) is 0 Å². The van der Waals surface area contributed by atoms with Crippen molar-refractivity contribution in [3.05, 3.63) is 23.3 Å². The van der Waals surface area contributed by atoms with Crippen LogP contribution in [-0.2, 0) is 11.2 Å². The maximum Gasteiger partial charge on any atom is 0.465 e. The number of carbonyl (C=O) groups excluding carboxylic acids is 1. The number of carbonyl (C=O) groups is 2. The summed E-state index contributed by atoms with van der Waals surface area (Å²) in [5.41, 5.74) is -0.198. The molecule has 9 nitrogen and oxygen atoms in total. The second-order valence-corrected chi connectivity index (χ2v) is 7.76. The number of piperidine rings is 1. The van der Waals surface area contributed by atoms with E-state index in [2.05, 4.69) is 0 Å². The first-order valence-electron chi connectivity index (χ1n) is 8.80. The van der Waals surface area contributed by atoms with E-state index in [0.29, 0.717) is 25.9 Å². The standard InChI is InChI=1S/C17H24BNO8S/c1-27-12-3-2-10(16(22)15(12)17(23)24)8-13(18(25)26)28-9-14(21)19-6-4-11(20)5-7-19/h2-3,11,13,20,22,25-26H,4-9H2,1H3,(H,23,24)/t13-/m0/s1. The van der Waals surface area contributed by atoms with Crippen molar-refractivity contribution in [1.82, 2.24) is 4.90 Å². The van der Waals surface area contributed by atoms with Crippen LogP contribution in [0.2, 0.25) is 0 Å². The molecule has 0 saturated carbocycles. The molecule has 1 aliphatic rings. The Kier molecular flexibility index (Phi) is 7.99. The molecule has 28 heavy (non-hydrogen) atoms. The highest BCUT2D eigenvalue weighted by Gasteiger charge is 2.29. The average Bonchev–Trinajstić information content (AvgIpc) is 2.65. The van der Waals surface area contributed by atoms with E-state index in [1.165, 1.54) is 19.2 Å². The molecular weight excluding hydrogens is 389 g/mol. The van der Waals surface area contributed by atoms with Crippen molar-refractivity contribution in [1.29, 1.82) is 0 Å². The molecule has 0 radical (unpaired) electrons. The smallest absolute Gasteiger partial charge is 0.465 e. The topological polar surface area (TPSA) is 148 Å². The zero-order valence-electron chi connectivity index (χ0n) is 15.4. The Morgan fingerprint density at radius 3 is 2.50 bits per heavy atom. The maximum atomic E-state index is 12.3. The number of aliphatic hydroxyl groups is 1. The highest BCUT2D eigenvalue weighted by Crippen LogP contribution is 2.33. The van der Waals surface area contributed by atoms with E-state index in [-0.39, 0.29) is 29.4 Å². The van der Waals surface area contributed by atoms with E-state index in [0.717, 1.165) is 11.8 Å². The van der Waals surface area contributed by atoms with Crippen LogP contribution < -0.4 is 4.74 Å². The summed E-state index contributed by atoms with van der Waals surface area (Å²) < 4.78 is 4.94. The first kappa shape index (κ1) is 22.3. The lowest BCUT2D eigenvalue weighted by atomic mass is 9.81. The summed E-state index contributed by atoms with van der Waals surface area (Å²) in [4.78, 5) is 25.3. The zero-order valence-corrected chi connectivity index (χ0v) is 16.3. The minimum atomic E-state index is -1.77. The molecule has 11 heteroatoms. The van der Waals surface area contributed by atoms with Crippen LogP contribution in [0.15, 0.2) is 12.1 Å². The molecule has 2 rings (SSSR count). The third-order valence-electron chi connectivity index (χ3n) is 4.65. The van der Waals surface area contributed by atoms with Crippen molar-refractivity contribution in [3.8, 4) is 11.5 Å². The van der Waals surface area contributed by atoms with E-state index in [1.807, 2.05) is 0 Å². The largest absolute Gasteiger partial charge is 0.507 e. The van der Waals surface area contributed by atoms with Gasteiger partial charge in [-0.05, 0) is 30.9 Å². The summed E-state index contributed by atoms with van der Waals surface area (Å²) >= 11 is 1.02. The van der Waals surface area contributed by atoms with E-state index < -0.39 is 35.7 Å². The third-order valence-corrected chi connectivity index (χ3v) is 5.90. The fraction of sp³-hybridized carbons (Fsp3) is 0.529. The molecule has 0 unspecified atom stereocenters. The van der Waals surface area contributed by atoms with Gasteiger partial charge in [-0.25, -0.2) is 4.79 Å². The van der Waals surface area contributed by atoms with Crippen LogP contribution in [0.5, 0.6) is 11.5 Å². The van der Waals surface area contributed by atoms with E-state index in [9.17, 15) is 35.0 Å². The van der Waals surface area contributed by atoms with Crippen LogP contribution in [0.3, 0.4) is 0 Å². The highest BCUT2D eigenvalue weighted by molar-refractivity contribution is 8.01. The van der Waals surface area contributed by atoms with E-state index >= 15 is 0 Å². The average molecular weight is 413 g/mol. The van der Waals surface area contributed by atoms with Crippen LogP contribution >= 0.6 is 11.8 Å².